The predicted molar refractivity (Wildman–Crippen MR) is 70.9 cm³/mol. The van der Waals surface area contributed by atoms with E-state index in [1.165, 1.54) is 31.5 Å². The second kappa shape index (κ2) is 6.12. The molecule has 0 bridgehead atoms. The van der Waals surface area contributed by atoms with Gasteiger partial charge in [0.15, 0.2) is 0 Å². The van der Waals surface area contributed by atoms with Gasteiger partial charge in [0, 0.05) is 37.6 Å². The Bertz CT molecular complexity index is 317. The second-order valence-corrected chi connectivity index (χ2v) is 4.82. The Morgan fingerprint density at radius 2 is 2.00 bits per heavy atom. The van der Waals surface area contributed by atoms with E-state index in [0.717, 1.165) is 12.6 Å². The maximum absolute atomic E-state index is 4.08. The molecule has 0 aliphatic carbocycles. The number of hydrogen-bond donors (Lipinski definition) is 1. The van der Waals surface area contributed by atoms with Crippen molar-refractivity contribution >= 4 is 0 Å². The van der Waals surface area contributed by atoms with Crippen LogP contribution in [0.15, 0.2) is 24.5 Å². The van der Waals surface area contributed by atoms with Crippen molar-refractivity contribution in [3.63, 3.8) is 0 Å². The molecule has 0 radical (unpaired) electrons. The minimum Gasteiger partial charge on any atom is -0.314 e. The average Bonchev–Trinajstić information content (AvgIpc) is 2.40. The highest BCUT2D eigenvalue weighted by atomic mass is 15.2. The zero-order valence-corrected chi connectivity index (χ0v) is 10.9. The van der Waals surface area contributed by atoms with Crippen molar-refractivity contribution in [1.29, 1.82) is 0 Å². The summed E-state index contributed by atoms with van der Waals surface area (Å²) in [4.78, 5) is 6.65. The molecule has 1 N–H and O–H groups in total. The molecule has 3 heteroatoms. The fraction of sp³-hybridized carbons (Fsp3) is 0.643. The van der Waals surface area contributed by atoms with Gasteiger partial charge in [-0.05, 0) is 44.0 Å². The van der Waals surface area contributed by atoms with Gasteiger partial charge in [0.25, 0.3) is 0 Å². The summed E-state index contributed by atoms with van der Waals surface area (Å²) in [6.45, 7) is 7.96. The van der Waals surface area contributed by atoms with Crippen molar-refractivity contribution in [1.82, 2.24) is 15.2 Å². The van der Waals surface area contributed by atoms with Gasteiger partial charge in [-0.2, -0.15) is 0 Å². The molecule has 1 saturated heterocycles. The third kappa shape index (κ3) is 3.27. The number of piperidine rings is 1. The first kappa shape index (κ1) is 12.5. The SMILES string of the molecule is CCNC1CCN(C(C)c2ccncc2)CC1. The van der Waals surface area contributed by atoms with Crippen LogP contribution in [0.5, 0.6) is 0 Å². The number of nitrogens with one attached hydrogen (secondary N) is 1. The Morgan fingerprint density at radius 1 is 1.35 bits per heavy atom. The van der Waals surface area contributed by atoms with E-state index in [2.05, 4.69) is 41.2 Å². The summed E-state index contributed by atoms with van der Waals surface area (Å²) in [6.07, 6.45) is 6.31. The van der Waals surface area contributed by atoms with Crippen LogP contribution in [0.1, 0.15) is 38.3 Å². The summed E-state index contributed by atoms with van der Waals surface area (Å²) >= 11 is 0. The normalized spacial score (nSPS) is 20.4. The smallest absolute Gasteiger partial charge is 0.0321 e. The molecule has 1 aliphatic heterocycles. The molecule has 0 saturated carbocycles. The van der Waals surface area contributed by atoms with E-state index in [0.29, 0.717) is 6.04 Å². The molecule has 1 atom stereocenters. The molecule has 1 fully saturated rings. The summed E-state index contributed by atoms with van der Waals surface area (Å²) in [5.41, 5.74) is 1.38. The van der Waals surface area contributed by atoms with Gasteiger partial charge in [0.05, 0.1) is 0 Å². The van der Waals surface area contributed by atoms with Crippen molar-refractivity contribution in [2.75, 3.05) is 19.6 Å². The molecule has 0 aromatic carbocycles. The van der Waals surface area contributed by atoms with Crippen molar-refractivity contribution in [2.45, 2.75) is 38.8 Å². The molecule has 2 rings (SSSR count). The molecule has 0 spiro atoms. The highest BCUT2D eigenvalue weighted by Gasteiger charge is 2.22. The zero-order valence-electron chi connectivity index (χ0n) is 10.9. The number of aromatic nitrogens is 1. The van der Waals surface area contributed by atoms with Gasteiger partial charge < -0.3 is 5.32 Å². The van der Waals surface area contributed by atoms with Crippen LogP contribution in [0.25, 0.3) is 0 Å². The first-order valence-electron chi connectivity index (χ1n) is 6.68. The van der Waals surface area contributed by atoms with Crippen LogP contribution in [0.4, 0.5) is 0 Å². The quantitative estimate of drug-likeness (QED) is 0.864. The lowest BCUT2D eigenvalue weighted by Crippen LogP contribution is -2.43. The minimum atomic E-state index is 0.514. The first-order valence-corrected chi connectivity index (χ1v) is 6.68. The molecule has 1 unspecified atom stereocenters. The van der Waals surface area contributed by atoms with E-state index in [4.69, 9.17) is 0 Å². The number of likely N-dealkylation sites (tertiary alicyclic amines) is 1. The molecule has 94 valence electrons. The van der Waals surface area contributed by atoms with E-state index in [1.807, 2.05) is 12.4 Å². The van der Waals surface area contributed by atoms with Crippen molar-refractivity contribution < 1.29 is 0 Å². The van der Waals surface area contributed by atoms with E-state index in [-0.39, 0.29) is 0 Å². The molecule has 0 amide bonds. The number of nitrogens with zero attached hydrogens (tertiary/aromatic N) is 2. The largest absolute Gasteiger partial charge is 0.314 e. The summed E-state index contributed by atoms with van der Waals surface area (Å²) in [7, 11) is 0. The van der Waals surface area contributed by atoms with Crippen molar-refractivity contribution in [3.8, 4) is 0 Å². The molecule has 1 aromatic rings. The van der Waals surface area contributed by atoms with Crippen LogP contribution in [0.2, 0.25) is 0 Å². The van der Waals surface area contributed by atoms with Gasteiger partial charge in [0.1, 0.15) is 0 Å². The van der Waals surface area contributed by atoms with E-state index in [1.54, 1.807) is 0 Å². The Morgan fingerprint density at radius 3 is 2.59 bits per heavy atom. The van der Waals surface area contributed by atoms with Gasteiger partial charge in [0.2, 0.25) is 0 Å². The maximum Gasteiger partial charge on any atom is 0.0321 e. The number of rotatable bonds is 4. The fourth-order valence-corrected chi connectivity index (χ4v) is 2.63. The second-order valence-electron chi connectivity index (χ2n) is 4.82. The minimum absolute atomic E-state index is 0.514. The average molecular weight is 233 g/mol. The van der Waals surface area contributed by atoms with Crippen LogP contribution >= 0.6 is 0 Å². The first-order chi connectivity index (χ1) is 8.31. The zero-order chi connectivity index (χ0) is 12.1. The Kier molecular flexibility index (Phi) is 4.51. The Hall–Kier alpha value is -0.930. The lowest BCUT2D eigenvalue weighted by molar-refractivity contribution is 0.153. The molecule has 3 nitrogen and oxygen atoms in total. The molecular formula is C14H23N3. The summed E-state index contributed by atoms with van der Waals surface area (Å²) in [5.74, 6) is 0. The predicted octanol–water partition coefficient (Wildman–Crippen LogP) is 2.22. The third-order valence-corrected chi connectivity index (χ3v) is 3.76. The van der Waals surface area contributed by atoms with Gasteiger partial charge in [-0.1, -0.05) is 6.92 Å². The van der Waals surface area contributed by atoms with E-state index >= 15 is 0 Å². The third-order valence-electron chi connectivity index (χ3n) is 3.76. The van der Waals surface area contributed by atoms with Crippen LogP contribution in [-0.4, -0.2) is 35.6 Å². The van der Waals surface area contributed by atoms with Crippen LogP contribution in [0.3, 0.4) is 0 Å². The van der Waals surface area contributed by atoms with Gasteiger partial charge in [-0.25, -0.2) is 0 Å². The standard InChI is InChI=1S/C14H23N3/c1-3-16-14-6-10-17(11-7-14)12(2)13-4-8-15-9-5-13/h4-5,8-9,12,14,16H,3,6-7,10-11H2,1-2H3. The van der Waals surface area contributed by atoms with Gasteiger partial charge >= 0.3 is 0 Å². The number of pyridine rings is 1. The Balaban J connectivity index is 1.88. The van der Waals surface area contributed by atoms with Gasteiger partial charge in [-0.3, -0.25) is 9.88 Å². The van der Waals surface area contributed by atoms with Crippen LogP contribution in [-0.2, 0) is 0 Å². The van der Waals surface area contributed by atoms with Crippen molar-refractivity contribution in [3.05, 3.63) is 30.1 Å². The molecule has 1 aliphatic rings. The van der Waals surface area contributed by atoms with E-state index in [9.17, 15) is 0 Å². The highest BCUT2D eigenvalue weighted by molar-refractivity contribution is 5.14. The van der Waals surface area contributed by atoms with Gasteiger partial charge in [-0.15, -0.1) is 0 Å². The lowest BCUT2D eigenvalue weighted by atomic mass is 10.0. The summed E-state index contributed by atoms with van der Waals surface area (Å²) in [6, 6.07) is 5.49. The van der Waals surface area contributed by atoms with Crippen molar-refractivity contribution in [2.24, 2.45) is 0 Å². The molecular weight excluding hydrogens is 210 g/mol. The molecule has 2 heterocycles. The molecule has 1 aromatic heterocycles. The molecule has 17 heavy (non-hydrogen) atoms. The fourth-order valence-electron chi connectivity index (χ4n) is 2.63. The summed E-state index contributed by atoms with van der Waals surface area (Å²) in [5, 5.41) is 3.55. The van der Waals surface area contributed by atoms with Crippen LogP contribution < -0.4 is 5.32 Å². The van der Waals surface area contributed by atoms with Crippen LogP contribution in [0, 0.1) is 0 Å². The summed E-state index contributed by atoms with van der Waals surface area (Å²) < 4.78 is 0. The van der Waals surface area contributed by atoms with E-state index < -0.39 is 0 Å². The topological polar surface area (TPSA) is 28.2 Å². The lowest BCUT2D eigenvalue weighted by Gasteiger charge is -2.36. The Labute approximate surface area is 104 Å². The highest BCUT2D eigenvalue weighted by Crippen LogP contribution is 2.23. The maximum atomic E-state index is 4.08. The number of hydrogen-bond acceptors (Lipinski definition) is 3. The monoisotopic (exact) mass is 233 g/mol.